The lowest BCUT2D eigenvalue weighted by Crippen LogP contribution is -2.64. The van der Waals surface area contributed by atoms with Crippen molar-refractivity contribution in [1.82, 2.24) is 14.8 Å². The van der Waals surface area contributed by atoms with Crippen molar-refractivity contribution in [2.24, 2.45) is 5.41 Å². The Morgan fingerprint density at radius 3 is 2.54 bits per heavy atom. The van der Waals surface area contributed by atoms with Crippen molar-refractivity contribution in [2.75, 3.05) is 33.4 Å². The van der Waals surface area contributed by atoms with E-state index in [4.69, 9.17) is 4.74 Å². The van der Waals surface area contributed by atoms with Crippen LogP contribution in [0.3, 0.4) is 0 Å². The third-order valence-electron chi connectivity index (χ3n) is 6.83. The lowest BCUT2D eigenvalue weighted by molar-refractivity contribution is -0.146. The second-order valence-electron chi connectivity index (χ2n) is 8.32. The Labute approximate surface area is 156 Å². The second kappa shape index (κ2) is 7.65. The highest BCUT2D eigenvalue weighted by Crippen LogP contribution is 2.58. The van der Waals surface area contributed by atoms with Crippen LogP contribution < -0.4 is 0 Å². The molecular formula is C21H31N3O2. The van der Waals surface area contributed by atoms with Gasteiger partial charge in [0.05, 0.1) is 0 Å². The molecule has 1 atom stereocenters. The van der Waals surface area contributed by atoms with Gasteiger partial charge in [-0.25, -0.2) is 0 Å². The van der Waals surface area contributed by atoms with Crippen LogP contribution in [0.25, 0.3) is 0 Å². The summed E-state index contributed by atoms with van der Waals surface area (Å²) in [5, 5.41) is 0. The first-order valence-electron chi connectivity index (χ1n) is 10.2. The summed E-state index contributed by atoms with van der Waals surface area (Å²) in [4.78, 5) is 21.0. The van der Waals surface area contributed by atoms with Gasteiger partial charge in [-0.3, -0.25) is 14.7 Å². The average Bonchev–Trinajstić information content (AvgIpc) is 2.68. The summed E-state index contributed by atoms with van der Waals surface area (Å²) in [5.74, 6) is 0.129. The highest BCUT2D eigenvalue weighted by Gasteiger charge is 2.54. The molecule has 5 nitrogen and oxygen atoms in total. The minimum atomic E-state index is 0.129. The van der Waals surface area contributed by atoms with E-state index in [0.717, 1.165) is 25.9 Å². The van der Waals surface area contributed by atoms with Gasteiger partial charge >= 0.3 is 0 Å². The van der Waals surface area contributed by atoms with E-state index < -0.39 is 0 Å². The SMILES string of the molecule is COCC(=O)N1CCC(N2CC3(CCCCC3)C2c2ccncc2)CC1. The summed E-state index contributed by atoms with van der Waals surface area (Å²) in [6, 6.07) is 5.55. The summed E-state index contributed by atoms with van der Waals surface area (Å²) in [6.45, 7) is 3.16. The van der Waals surface area contributed by atoms with Crippen molar-refractivity contribution in [2.45, 2.75) is 57.0 Å². The molecule has 5 heteroatoms. The van der Waals surface area contributed by atoms with Crippen molar-refractivity contribution in [3.63, 3.8) is 0 Å². The van der Waals surface area contributed by atoms with E-state index >= 15 is 0 Å². The first kappa shape index (κ1) is 17.9. The van der Waals surface area contributed by atoms with Gasteiger partial charge in [-0.2, -0.15) is 0 Å². The number of likely N-dealkylation sites (tertiary alicyclic amines) is 2. The number of ether oxygens (including phenoxy) is 1. The first-order valence-corrected chi connectivity index (χ1v) is 10.2. The number of carbonyl (C=O) groups is 1. The number of aromatic nitrogens is 1. The minimum Gasteiger partial charge on any atom is -0.375 e. The number of hydrogen-bond donors (Lipinski definition) is 0. The molecule has 1 amide bonds. The molecule has 3 heterocycles. The van der Waals surface area contributed by atoms with E-state index in [2.05, 4.69) is 22.0 Å². The van der Waals surface area contributed by atoms with Gasteiger partial charge in [-0.1, -0.05) is 19.3 Å². The van der Waals surface area contributed by atoms with Crippen LogP contribution in [0, 0.1) is 5.41 Å². The molecule has 2 aliphatic heterocycles. The number of piperidine rings is 1. The maximum absolute atomic E-state index is 12.1. The van der Waals surface area contributed by atoms with Crippen LogP contribution in [0.5, 0.6) is 0 Å². The van der Waals surface area contributed by atoms with Gasteiger partial charge in [-0.15, -0.1) is 0 Å². The molecule has 142 valence electrons. The number of hydrogen-bond acceptors (Lipinski definition) is 4. The molecule has 2 saturated heterocycles. The number of amides is 1. The molecule has 26 heavy (non-hydrogen) atoms. The van der Waals surface area contributed by atoms with Crippen molar-refractivity contribution in [1.29, 1.82) is 0 Å². The smallest absolute Gasteiger partial charge is 0.248 e. The molecule has 3 aliphatic rings. The Balaban J connectivity index is 1.46. The molecular weight excluding hydrogens is 326 g/mol. The fourth-order valence-electron chi connectivity index (χ4n) is 5.56. The van der Waals surface area contributed by atoms with Gasteiger partial charge in [0.15, 0.2) is 0 Å². The monoisotopic (exact) mass is 357 g/mol. The Hall–Kier alpha value is -1.46. The minimum absolute atomic E-state index is 0.129. The van der Waals surface area contributed by atoms with Crippen molar-refractivity contribution in [3.8, 4) is 0 Å². The highest BCUT2D eigenvalue weighted by molar-refractivity contribution is 5.77. The zero-order chi connectivity index (χ0) is 18.0. The van der Waals surface area contributed by atoms with E-state index in [1.54, 1.807) is 7.11 Å². The Morgan fingerprint density at radius 2 is 1.88 bits per heavy atom. The normalized spacial score (nSPS) is 26.7. The fraction of sp³-hybridized carbons (Fsp3) is 0.714. The van der Waals surface area contributed by atoms with Gasteiger partial charge in [0.2, 0.25) is 5.91 Å². The topological polar surface area (TPSA) is 45.7 Å². The van der Waals surface area contributed by atoms with Crippen molar-refractivity contribution < 1.29 is 9.53 Å². The van der Waals surface area contributed by atoms with Crippen LogP contribution in [0.1, 0.15) is 56.6 Å². The molecule has 1 aromatic heterocycles. The van der Waals surface area contributed by atoms with Crippen LogP contribution in [-0.4, -0.2) is 60.1 Å². The second-order valence-corrected chi connectivity index (χ2v) is 8.32. The van der Waals surface area contributed by atoms with Crippen LogP contribution in [-0.2, 0) is 9.53 Å². The summed E-state index contributed by atoms with van der Waals surface area (Å²) in [5.41, 5.74) is 1.91. The molecule has 1 unspecified atom stereocenters. The molecule has 1 aromatic rings. The molecule has 0 bridgehead atoms. The van der Waals surface area contributed by atoms with Crippen LogP contribution in [0.4, 0.5) is 0 Å². The zero-order valence-electron chi connectivity index (χ0n) is 15.9. The molecule has 1 saturated carbocycles. The van der Waals surface area contributed by atoms with Crippen molar-refractivity contribution >= 4 is 5.91 Å². The van der Waals surface area contributed by atoms with E-state index in [-0.39, 0.29) is 12.5 Å². The van der Waals surface area contributed by atoms with Crippen LogP contribution in [0.15, 0.2) is 24.5 Å². The first-order chi connectivity index (χ1) is 12.7. The number of rotatable bonds is 4. The van der Waals surface area contributed by atoms with Crippen molar-refractivity contribution in [3.05, 3.63) is 30.1 Å². The summed E-state index contributed by atoms with van der Waals surface area (Å²) in [7, 11) is 1.59. The van der Waals surface area contributed by atoms with E-state index in [1.165, 1.54) is 44.2 Å². The number of methoxy groups -OCH3 is 1. The van der Waals surface area contributed by atoms with E-state index in [0.29, 0.717) is 17.5 Å². The molecule has 1 aliphatic carbocycles. The van der Waals surface area contributed by atoms with Gasteiger partial charge in [0, 0.05) is 56.6 Å². The summed E-state index contributed by atoms with van der Waals surface area (Å²) >= 11 is 0. The molecule has 0 aromatic carbocycles. The molecule has 4 rings (SSSR count). The maximum atomic E-state index is 12.1. The molecule has 0 radical (unpaired) electrons. The molecule has 0 N–H and O–H groups in total. The largest absolute Gasteiger partial charge is 0.375 e. The van der Waals surface area contributed by atoms with Gasteiger partial charge in [0.25, 0.3) is 0 Å². The number of carbonyl (C=O) groups excluding carboxylic acids is 1. The van der Waals surface area contributed by atoms with Gasteiger partial charge in [0.1, 0.15) is 6.61 Å². The third-order valence-corrected chi connectivity index (χ3v) is 6.83. The van der Waals surface area contributed by atoms with Gasteiger partial charge in [-0.05, 0) is 43.4 Å². The standard InChI is InChI=1S/C21H31N3O2/c1-26-15-19(25)23-13-7-18(8-14-23)24-16-21(9-3-2-4-10-21)20(24)17-5-11-22-12-6-17/h5-6,11-12,18,20H,2-4,7-10,13-16H2,1H3. The third kappa shape index (κ3) is 3.27. The maximum Gasteiger partial charge on any atom is 0.248 e. The van der Waals surface area contributed by atoms with E-state index in [1.807, 2.05) is 17.3 Å². The zero-order valence-corrected chi connectivity index (χ0v) is 15.9. The number of nitrogens with zero attached hydrogens (tertiary/aromatic N) is 3. The molecule has 1 spiro atoms. The lowest BCUT2D eigenvalue weighted by atomic mass is 9.60. The molecule has 3 fully saturated rings. The van der Waals surface area contributed by atoms with Crippen LogP contribution in [0.2, 0.25) is 0 Å². The van der Waals surface area contributed by atoms with Crippen LogP contribution >= 0.6 is 0 Å². The predicted molar refractivity (Wildman–Crippen MR) is 101 cm³/mol. The lowest BCUT2D eigenvalue weighted by Gasteiger charge is -2.63. The van der Waals surface area contributed by atoms with Gasteiger partial charge < -0.3 is 9.64 Å². The Kier molecular flexibility index (Phi) is 5.28. The quantitative estimate of drug-likeness (QED) is 0.831. The Morgan fingerprint density at radius 1 is 1.19 bits per heavy atom. The summed E-state index contributed by atoms with van der Waals surface area (Å²) < 4.78 is 5.01. The van der Waals surface area contributed by atoms with E-state index in [9.17, 15) is 4.79 Å². The fourth-order valence-corrected chi connectivity index (χ4v) is 5.56. The highest BCUT2D eigenvalue weighted by atomic mass is 16.5. The average molecular weight is 357 g/mol. The predicted octanol–water partition coefficient (Wildman–Crippen LogP) is 3.03. The Bertz CT molecular complexity index is 607. The number of pyridine rings is 1. The summed E-state index contributed by atoms with van der Waals surface area (Å²) in [6.07, 6.45) is 12.9.